The van der Waals surface area contributed by atoms with Crippen LogP contribution in [0.2, 0.25) is 0 Å². The van der Waals surface area contributed by atoms with Crippen molar-refractivity contribution in [1.29, 1.82) is 0 Å². The summed E-state index contributed by atoms with van der Waals surface area (Å²) in [5.41, 5.74) is 0. The Kier molecular flexibility index (Phi) is 42.1. The highest BCUT2D eigenvalue weighted by atomic mass is 16.3. The summed E-state index contributed by atoms with van der Waals surface area (Å²) in [5, 5.41) is 33.2. The van der Waals surface area contributed by atoms with Crippen LogP contribution in [-0.4, -0.2) is 46.1 Å². The van der Waals surface area contributed by atoms with Gasteiger partial charge in [-0.2, -0.15) is 0 Å². The van der Waals surface area contributed by atoms with Crippen molar-refractivity contribution >= 4 is 5.91 Å². The molecule has 312 valence electrons. The van der Waals surface area contributed by atoms with Crippen LogP contribution in [0.1, 0.15) is 239 Å². The summed E-state index contributed by atoms with van der Waals surface area (Å²) < 4.78 is 0. The van der Waals surface area contributed by atoms with Gasteiger partial charge in [0.1, 0.15) is 0 Å². The Morgan fingerprint density at radius 1 is 0.491 bits per heavy atom. The van der Waals surface area contributed by atoms with Gasteiger partial charge in [-0.3, -0.25) is 4.79 Å². The van der Waals surface area contributed by atoms with Gasteiger partial charge in [0.15, 0.2) is 0 Å². The van der Waals surface area contributed by atoms with E-state index in [0.29, 0.717) is 6.42 Å². The summed E-state index contributed by atoms with van der Waals surface area (Å²) in [6.07, 6.45) is 54.4. The molecule has 0 aliphatic carbocycles. The molecule has 1 amide bonds. The average molecular weight is 746 g/mol. The Balaban J connectivity index is 3.62. The van der Waals surface area contributed by atoms with Crippen LogP contribution in [0.15, 0.2) is 36.5 Å². The molecule has 4 N–H and O–H groups in total. The molecule has 3 unspecified atom stereocenters. The third-order valence-electron chi connectivity index (χ3n) is 10.7. The molecule has 0 saturated carbocycles. The maximum Gasteiger partial charge on any atom is 0.222 e. The zero-order valence-corrected chi connectivity index (χ0v) is 35.4. The van der Waals surface area contributed by atoms with Crippen molar-refractivity contribution in [2.45, 2.75) is 257 Å². The van der Waals surface area contributed by atoms with Crippen LogP contribution in [0, 0.1) is 0 Å². The molecule has 0 heterocycles. The van der Waals surface area contributed by atoms with Crippen LogP contribution in [0.4, 0.5) is 0 Å². The van der Waals surface area contributed by atoms with Gasteiger partial charge in [-0.25, -0.2) is 0 Å². The molecular weight excluding hydrogens is 655 g/mol. The lowest BCUT2D eigenvalue weighted by molar-refractivity contribution is -0.124. The maximum absolute atomic E-state index is 12.4. The van der Waals surface area contributed by atoms with Crippen molar-refractivity contribution in [2.75, 3.05) is 6.61 Å². The largest absolute Gasteiger partial charge is 0.394 e. The van der Waals surface area contributed by atoms with Gasteiger partial charge in [-0.1, -0.05) is 224 Å². The van der Waals surface area contributed by atoms with Gasteiger partial charge in [0.05, 0.1) is 31.3 Å². The van der Waals surface area contributed by atoms with Gasteiger partial charge in [0, 0.05) is 0 Å². The number of amides is 1. The quantitative estimate of drug-likeness (QED) is 0.0284. The van der Waals surface area contributed by atoms with E-state index >= 15 is 0 Å². The fourth-order valence-electron chi connectivity index (χ4n) is 7.10. The molecule has 0 radical (unpaired) electrons. The second-order valence-electron chi connectivity index (χ2n) is 16.0. The Labute approximate surface area is 330 Å². The number of hydrogen-bond donors (Lipinski definition) is 4. The minimum absolute atomic E-state index is 0.000228. The Morgan fingerprint density at radius 3 is 1.25 bits per heavy atom. The van der Waals surface area contributed by atoms with Crippen molar-refractivity contribution in [3.05, 3.63) is 36.5 Å². The molecule has 3 atom stereocenters. The van der Waals surface area contributed by atoms with E-state index in [1.54, 1.807) is 6.08 Å². The van der Waals surface area contributed by atoms with Crippen molar-refractivity contribution in [3.8, 4) is 0 Å². The van der Waals surface area contributed by atoms with Crippen LogP contribution < -0.4 is 5.32 Å². The molecule has 0 fully saturated rings. The number of nitrogens with one attached hydrogen (secondary N) is 1. The number of allylic oxidation sites excluding steroid dienone is 5. The van der Waals surface area contributed by atoms with Gasteiger partial charge in [0.25, 0.3) is 0 Å². The number of unbranched alkanes of at least 4 members (excludes halogenated alkanes) is 30. The highest BCUT2D eigenvalue weighted by Gasteiger charge is 2.20. The van der Waals surface area contributed by atoms with E-state index in [9.17, 15) is 20.1 Å². The first-order valence-electron chi connectivity index (χ1n) is 23.3. The van der Waals surface area contributed by atoms with E-state index in [0.717, 1.165) is 51.4 Å². The molecule has 0 spiro atoms. The molecule has 0 aliphatic heterocycles. The summed E-state index contributed by atoms with van der Waals surface area (Å²) in [7, 11) is 0. The number of carbonyl (C=O) groups is 1. The third-order valence-corrected chi connectivity index (χ3v) is 10.7. The van der Waals surface area contributed by atoms with E-state index in [2.05, 4.69) is 43.5 Å². The molecule has 53 heavy (non-hydrogen) atoms. The molecule has 5 nitrogen and oxygen atoms in total. The normalized spacial score (nSPS) is 13.8. The van der Waals surface area contributed by atoms with Crippen molar-refractivity contribution < 1.29 is 20.1 Å². The summed E-state index contributed by atoms with van der Waals surface area (Å²) in [5.74, 6) is -0.327. The summed E-state index contributed by atoms with van der Waals surface area (Å²) in [6, 6.07) is -0.750. The van der Waals surface area contributed by atoms with Gasteiger partial charge in [-0.05, 0) is 44.9 Å². The zero-order valence-electron chi connectivity index (χ0n) is 35.4. The van der Waals surface area contributed by atoms with Crippen LogP contribution in [0.25, 0.3) is 0 Å². The lowest BCUT2D eigenvalue weighted by Gasteiger charge is -2.21. The molecule has 0 bridgehead atoms. The van der Waals surface area contributed by atoms with Crippen molar-refractivity contribution in [3.63, 3.8) is 0 Å². The molecule has 0 aromatic heterocycles. The standard InChI is InChI=1S/C48H91NO4/c1-3-5-7-9-11-13-15-17-18-19-20-21-22-23-24-25-26-27-28-30-32-34-36-38-40-42-47(52)46(44-50)49-48(53)43-45(51)41-39-37-35-33-31-29-16-14-12-10-8-6-4-2/h12,14,16,29,40,42,45-47,50-52H,3-11,13,15,17-28,30-39,41,43-44H2,1-2H3,(H,49,53)/b14-12-,29-16-,42-40+. The number of hydrogen-bond acceptors (Lipinski definition) is 4. The van der Waals surface area contributed by atoms with E-state index in [4.69, 9.17) is 0 Å². The van der Waals surface area contributed by atoms with Gasteiger partial charge in [0.2, 0.25) is 5.91 Å². The number of rotatable bonds is 42. The molecule has 0 aromatic carbocycles. The minimum atomic E-state index is -0.934. The molecular formula is C48H91NO4. The zero-order chi connectivity index (χ0) is 38.7. The Morgan fingerprint density at radius 2 is 0.830 bits per heavy atom. The van der Waals surface area contributed by atoms with E-state index in [1.807, 2.05) is 6.08 Å². The highest BCUT2D eigenvalue weighted by Crippen LogP contribution is 2.16. The second kappa shape index (κ2) is 43.3. The molecule has 0 aliphatic rings. The van der Waals surface area contributed by atoms with Crippen molar-refractivity contribution in [2.24, 2.45) is 0 Å². The summed E-state index contributed by atoms with van der Waals surface area (Å²) >= 11 is 0. The predicted octanol–water partition coefficient (Wildman–Crippen LogP) is 13.5. The number of aliphatic hydroxyl groups is 3. The van der Waals surface area contributed by atoms with Crippen LogP contribution in [0.5, 0.6) is 0 Å². The van der Waals surface area contributed by atoms with Crippen LogP contribution in [0.3, 0.4) is 0 Å². The second-order valence-corrected chi connectivity index (χ2v) is 16.0. The SMILES string of the molecule is CCCCC/C=C\C=C/CCCCCCC(O)CC(=O)NC(CO)C(O)/C=C/CCCCCCCCCCCCCCCCCCCCCCCCC. The lowest BCUT2D eigenvalue weighted by atomic mass is 10.0. The maximum atomic E-state index is 12.4. The monoisotopic (exact) mass is 746 g/mol. The van der Waals surface area contributed by atoms with E-state index in [1.165, 1.54) is 161 Å². The van der Waals surface area contributed by atoms with E-state index < -0.39 is 18.2 Å². The summed E-state index contributed by atoms with van der Waals surface area (Å²) in [4.78, 5) is 12.4. The van der Waals surface area contributed by atoms with Gasteiger partial charge >= 0.3 is 0 Å². The number of aliphatic hydroxyl groups excluding tert-OH is 3. The smallest absolute Gasteiger partial charge is 0.222 e. The first kappa shape index (κ1) is 51.6. The molecule has 0 saturated heterocycles. The Hall–Kier alpha value is -1.43. The molecule has 0 aromatic rings. The Bertz CT molecular complexity index is 824. The van der Waals surface area contributed by atoms with Gasteiger partial charge < -0.3 is 20.6 Å². The fraction of sp³-hybridized carbons (Fsp3) is 0.854. The molecule has 0 rings (SSSR count). The first-order valence-corrected chi connectivity index (χ1v) is 23.3. The minimum Gasteiger partial charge on any atom is -0.394 e. The van der Waals surface area contributed by atoms with Crippen LogP contribution in [-0.2, 0) is 4.79 Å². The lowest BCUT2D eigenvalue weighted by Crippen LogP contribution is -2.45. The number of carbonyl (C=O) groups excluding carboxylic acids is 1. The first-order chi connectivity index (χ1) is 26.0. The topological polar surface area (TPSA) is 89.8 Å². The average Bonchev–Trinajstić information content (AvgIpc) is 3.15. The van der Waals surface area contributed by atoms with E-state index in [-0.39, 0.29) is 18.9 Å². The predicted molar refractivity (Wildman–Crippen MR) is 231 cm³/mol. The molecule has 5 heteroatoms. The van der Waals surface area contributed by atoms with Crippen molar-refractivity contribution in [1.82, 2.24) is 5.32 Å². The summed E-state index contributed by atoms with van der Waals surface area (Å²) in [6.45, 7) is 4.18. The highest BCUT2D eigenvalue weighted by molar-refractivity contribution is 5.76. The van der Waals surface area contributed by atoms with Gasteiger partial charge in [-0.15, -0.1) is 0 Å². The van der Waals surface area contributed by atoms with Crippen LogP contribution >= 0.6 is 0 Å². The third kappa shape index (κ3) is 40.1. The fourth-order valence-corrected chi connectivity index (χ4v) is 7.10.